The number of hydrogen-bond acceptors (Lipinski definition) is 3. The van der Waals surface area contributed by atoms with Gasteiger partial charge in [-0.25, -0.2) is 4.39 Å². The molecule has 1 aliphatic heterocycles. The van der Waals surface area contributed by atoms with Gasteiger partial charge in [-0.3, -0.25) is 0 Å². The van der Waals surface area contributed by atoms with E-state index in [0.717, 1.165) is 36.1 Å². The van der Waals surface area contributed by atoms with E-state index in [4.69, 9.17) is 0 Å². The number of benzene rings is 2. The highest BCUT2D eigenvalue weighted by Gasteiger charge is 2.21. The maximum Gasteiger partial charge on any atom is 0.157 e. The molecule has 0 aromatic heterocycles. The summed E-state index contributed by atoms with van der Waals surface area (Å²) in [4.78, 5) is 0. The molecular weight excluding hydrogens is 257 g/mol. The smallest absolute Gasteiger partial charge is 0.157 e. The molecule has 20 heavy (non-hydrogen) atoms. The summed E-state index contributed by atoms with van der Waals surface area (Å²) >= 11 is 0. The van der Waals surface area contributed by atoms with Gasteiger partial charge in [0.25, 0.3) is 0 Å². The second kappa shape index (κ2) is 5.13. The van der Waals surface area contributed by atoms with Gasteiger partial charge in [-0.05, 0) is 60.3 Å². The molecule has 3 rings (SSSR count). The molecule has 2 aromatic carbocycles. The first-order valence-corrected chi connectivity index (χ1v) is 6.66. The standard InChI is InChI=1S/C16H16FNO2/c17-12-3-1-10(2-4-12)7-14-13-9-16(20)15(19)8-11(13)5-6-18-14/h1-4,8-9,14,18-20H,5-7H2/t14-/m0/s1. The Labute approximate surface area is 116 Å². The normalized spacial score (nSPS) is 17.8. The largest absolute Gasteiger partial charge is 0.504 e. The van der Waals surface area contributed by atoms with Gasteiger partial charge in [0.2, 0.25) is 0 Å². The van der Waals surface area contributed by atoms with E-state index in [1.54, 1.807) is 24.3 Å². The Hall–Kier alpha value is -2.07. The number of nitrogens with one attached hydrogen (secondary N) is 1. The minimum absolute atomic E-state index is 0.0655. The van der Waals surface area contributed by atoms with Crippen LogP contribution in [0.1, 0.15) is 22.7 Å². The average molecular weight is 273 g/mol. The lowest BCUT2D eigenvalue weighted by atomic mass is 9.90. The highest BCUT2D eigenvalue weighted by Crippen LogP contribution is 2.34. The van der Waals surface area contributed by atoms with Crippen LogP contribution in [0.15, 0.2) is 36.4 Å². The second-order valence-corrected chi connectivity index (χ2v) is 5.13. The van der Waals surface area contributed by atoms with Crippen molar-refractivity contribution in [3.63, 3.8) is 0 Å². The van der Waals surface area contributed by atoms with Crippen molar-refractivity contribution in [3.05, 3.63) is 58.9 Å². The van der Waals surface area contributed by atoms with Crippen LogP contribution in [0.2, 0.25) is 0 Å². The highest BCUT2D eigenvalue weighted by molar-refractivity contribution is 5.48. The van der Waals surface area contributed by atoms with Gasteiger partial charge in [0.15, 0.2) is 11.5 Å². The quantitative estimate of drug-likeness (QED) is 0.737. The summed E-state index contributed by atoms with van der Waals surface area (Å²) < 4.78 is 12.9. The predicted molar refractivity (Wildman–Crippen MR) is 74.3 cm³/mol. The zero-order valence-electron chi connectivity index (χ0n) is 10.9. The van der Waals surface area contributed by atoms with Crippen LogP contribution < -0.4 is 5.32 Å². The lowest BCUT2D eigenvalue weighted by Gasteiger charge is -2.27. The Morgan fingerprint density at radius 1 is 1.10 bits per heavy atom. The number of phenols is 2. The Morgan fingerprint density at radius 3 is 2.55 bits per heavy atom. The molecule has 3 N–H and O–H groups in total. The topological polar surface area (TPSA) is 52.5 Å². The molecule has 0 spiro atoms. The Morgan fingerprint density at radius 2 is 1.80 bits per heavy atom. The molecular formula is C16H16FNO2. The monoisotopic (exact) mass is 273 g/mol. The SMILES string of the molecule is Oc1cc2c(cc1O)[C@H](Cc1ccc(F)cc1)NCC2. The van der Waals surface area contributed by atoms with Crippen molar-refractivity contribution in [2.75, 3.05) is 6.54 Å². The van der Waals surface area contributed by atoms with Gasteiger partial charge in [0.1, 0.15) is 5.82 Å². The third-order valence-electron chi connectivity index (χ3n) is 3.75. The fraction of sp³-hybridized carbons (Fsp3) is 0.250. The molecule has 2 aromatic rings. The van der Waals surface area contributed by atoms with Crippen LogP contribution in [0.25, 0.3) is 0 Å². The molecule has 1 aliphatic rings. The van der Waals surface area contributed by atoms with E-state index in [-0.39, 0.29) is 23.4 Å². The fourth-order valence-electron chi connectivity index (χ4n) is 2.71. The van der Waals surface area contributed by atoms with E-state index in [2.05, 4.69) is 5.32 Å². The summed E-state index contributed by atoms with van der Waals surface area (Å²) in [5.74, 6) is -0.420. The fourth-order valence-corrected chi connectivity index (χ4v) is 2.71. The van der Waals surface area contributed by atoms with Gasteiger partial charge in [0.05, 0.1) is 0 Å². The molecule has 0 bridgehead atoms. The van der Waals surface area contributed by atoms with E-state index in [0.29, 0.717) is 0 Å². The van der Waals surface area contributed by atoms with Crippen LogP contribution >= 0.6 is 0 Å². The van der Waals surface area contributed by atoms with Crippen LogP contribution in [0.4, 0.5) is 4.39 Å². The van der Waals surface area contributed by atoms with E-state index >= 15 is 0 Å². The van der Waals surface area contributed by atoms with E-state index < -0.39 is 0 Å². The van der Waals surface area contributed by atoms with Gasteiger partial charge >= 0.3 is 0 Å². The first-order valence-electron chi connectivity index (χ1n) is 6.66. The molecule has 104 valence electrons. The zero-order valence-corrected chi connectivity index (χ0v) is 10.9. The average Bonchev–Trinajstić information content (AvgIpc) is 2.43. The third kappa shape index (κ3) is 2.47. The van der Waals surface area contributed by atoms with Crippen LogP contribution in [0.3, 0.4) is 0 Å². The van der Waals surface area contributed by atoms with Crippen molar-refractivity contribution in [2.45, 2.75) is 18.9 Å². The van der Waals surface area contributed by atoms with Gasteiger partial charge in [-0.1, -0.05) is 12.1 Å². The predicted octanol–water partition coefficient (Wildman–Crippen LogP) is 2.67. The molecule has 0 fully saturated rings. The van der Waals surface area contributed by atoms with Crippen LogP contribution in [0, 0.1) is 5.82 Å². The molecule has 0 unspecified atom stereocenters. The Balaban J connectivity index is 1.89. The molecule has 3 nitrogen and oxygen atoms in total. The van der Waals surface area contributed by atoms with Crippen LogP contribution in [-0.2, 0) is 12.8 Å². The molecule has 4 heteroatoms. The summed E-state index contributed by atoms with van der Waals surface area (Å²) in [7, 11) is 0. The number of hydrogen-bond donors (Lipinski definition) is 3. The molecule has 0 saturated carbocycles. The van der Waals surface area contributed by atoms with Crippen LogP contribution in [-0.4, -0.2) is 16.8 Å². The molecule has 1 atom stereocenters. The molecule has 0 amide bonds. The van der Waals surface area contributed by atoms with Crippen molar-refractivity contribution in [1.82, 2.24) is 5.32 Å². The Kier molecular flexibility index (Phi) is 3.32. The van der Waals surface area contributed by atoms with Crippen molar-refractivity contribution < 1.29 is 14.6 Å². The summed E-state index contributed by atoms with van der Waals surface area (Å²) in [6, 6.07) is 9.75. The number of aromatic hydroxyl groups is 2. The van der Waals surface area contributed by atoms with Gasteiger partial charge < -0.3 is 15.5 Å². The lowest BCUT2D eigenvalue weighted by Crippen LogP contribution is -2.31. The molecule has 0 aliphatic carbocycles. The summed E-state index contributed by atoms with van der Waals surface area (Å²) in [5.41, 5.74) is 3.08. The Bertz CT molecular complexity index is 625. The summed E-state index contributed by atoms with van der Waals surface area (Å²) in [5, 5.41) is 22.6. The number of phenolic OH excluding ortho intramolecular Hbond substituents is 2. The van der Waals surface area contributed by atoms with Gasteiger partial charge in [-0.15, -0.1) is 0 Å². The maximum atomic E-state index is 12.9. The van der Waals surface area contributed by atoms with Crippen LogP contribution in [0.5, 0.6) is 11.5 Å². The van der Waals surface area contributed by atoms with Gasteiger partial charge in [0, 0.05) is 6.04 Å². The molecule has 1 heterocycles. The minimum atomic E-state index is -0.242. The number of halogens is 1. The first-order chi connectivity index (χ1) is 9.63. The van der Waals surface area contributed by atoms with Crippen molar-refractivity contribution in [1.29, 1.82) is 0 Å². The van der Waals surface area contributed by atoms with Crippen molar-refractivity contribution in [3.8, 4) is 11.5 Å². The summed E-state index contributed by atoms with van der Waals surface area (Å²) in [6.07, 6.45) is 1.54. The zero-order chi connectivity index (χ0) is 14.1. The van der Waals surface area contributed by atoms with E-state index in [1.165, 1.54) is 12.1 Å². The van der Waals surface area contributed by atoms with E-state index in [1.807, 2.05) is 0 Å². The number of rotatable bonds is 2. The van der Waals surface area contributed by atoms with E-state index in [9.17, 15) is 14.6 Å². The third-order valence-corrected chi connectivity index (χ3v) is 3.75. The maximum absolute atomic E-state index is 12.9. The van der Waals surface area contributed by atoms with Crippen molar-refractivity contribution in [2.24, 2.45) is 0 Å². The molecule has 0 radical (unpaired) electrons. The first kappa shape index (κ1) is 12.9. The second-order valence-electron chi connectivity index (χ2n) is 5.13. The molecule has 0 saturated heterocycles. The summed E-state index contributed by atoms with van der Waals surface area (Å²) in [6.45, 7) is 0.822. The van der Waals surface area contributed by atoms with Gasteiger partial charge in [-0.2, -0.15) is 0 Å². The van der Waals surface area contributed by atoms with Crippen molar-refractivity contribution >= 4 is 0 Å². The highest BCUT2D eigenvalue weighted by atomic mass is 19.1. The minimum Gasteiger partial charge on any atom is -0.504 e. The lowest BCUT2D eigenvalue weighted by molar-refractivity contribution is 0.398. The number of fused-ring (bicyclic) bond motifs is 1.